The lowest BCUT2D eigenvalue weighted by atomic mass is 9.99. The molecule has 0 aromatic heterocycles. The van der Waals surface area contributed by atoms with Gasteiger partial charge in [0.1, 0.15) is 11.4 Å². The molecule has 0 atom stereocenters. The number of hydrogen-bond acceptors (Lipinski definition) is 3. The quantitative estimate of drug-likeness (QED) is 0.897. The summed E-state index contributed by atoms with van der Waals surface area (Å²) >= 11 is 0. The van der Waals surface area contributed by atoms with E-state index in [1.807, 2.05) is 0 Å². The molecular formula is C16H24N2O. The first-order valence-electron chi connectivity index (χ1n) is 7.37. The van der Waals surface area contributed by atoms with Gasteiger partial charge >= 0.3 is 0 Å². The lowest BCUT2D eigenvalue weighted by Crippen LogP contribution is -2.44. The van der Waals surface area contributed by atoms with E-state index < -0.39 is 0 Å². The minimum Gasteiger partial charge on any atom is -0.487 e. The van der Waals surface area contributed by atoms with Gasteiger partial charge in [-0.05, 0) is 31.4 Å². The van der Waals surface area contributed by atoms with Crippen LogP contribution in [0.15, 0.2) is 18.2 Å². The predicted octanol–water partition coefficient (Wildman–Crippen LogP) is 1.85. The van der Waals surface area contributed by atoms with Crippen LogP contribution in [0.4, 0.5) is 0 Å². The predicted molar refractivity (Wildman–Crippen MR) is 77.9 cm³/mol. The highest BCUT2D eigenvalue weighted by Crippen LogP contribution is 2.37. The van der Waals surface area contributed by atoms with Crippen molar-refractivity contribution in [2.24, 2.45) is 0 Å². The Bertz CT molecular complexity index is 450. The van der Waals surface area contributed by atoms with Gasteiger partial charge in [0.15, 0.2) is 0 Å². The van der Waals surface area contributed by atoms with Crippen LogP contribution in [0.25, 0.3) is 0 Å². The fourth-order valence-corrected chi connectivity index (χ4v) is 3.09. The van der Waals surface area contributed by atoms with E-state index in [1.165, 1.54) is 24.2 Å². The molecular weight excluding hydrogens is 236 g/mol. The number of rotatable bonds is 3. The molecule has 2 aliphatic heterocycles. The maximum atomic E-state index is 6.13. The van der Waals surface area contributed by atoms with Gasteiger partial charge in [-0.3, -0.25) is 0 Å². The fourth-order valence-electron chi connectivity index (χ4n) is 3.09. The molecule has 1 saturated heterocycles. The summed E-state index contributed by atoms with van der Waals surface area (Å²) in [5.74, 6) is 1.16. The van der Waals surface area contributed by atoms with E-state index >= 15 is 0 Å². The van der Waals surface area contributed by atoms with Crippen LogP contribution >= 0.6 is 0 Å². The number of benzene rings is 1. The van der Waals surface area contributed by atoms with Gasteiger partial charge in [-0.15, -0.1) is 0 Å². The van der Waals surface area contributed by atoms with Crippen molar-refractivity contribution in [3.05, 3.63) is 29.3 Å². The Kier molecular flexibility index (Phi) is 3.50. The third kappa shape index (κ3) is 2.93. The van der Waals surface area contributed by atoms with Crippen molar-refractivity contribution in [2.45, 2.75) is 32.3 Å². The summed E-state index contributed by atoms with van der Waals surface area (Å²) in [5, 5.41) is 3.40. The van der Waals surface area contributed by atoms with Gasteiger partial charge in [-0.1, -0.05) is 18.2 Å². The van der Waals surface area contributed by atoms with E-state index in [-0.39, 0.29) is 5.60 Å². The molecule has 104 valence electrons. The van der Waals surface area contributed by atoms with E-state index in [2.05, 4.69) is 42.3 Å². The highest BCUT2D eigenvalue weighted by molar-refractivity contribution is 5.45. The van der Waals surface area contributed by atoms with Crippen LogP contribution in [0.3, 0.4) is 0 Å². The van der Waals surface area contributed by atoms with E-state index in [4.69, 9.17) is 4.74 Å². The minimum absolute atomic E-state index is 0.0342. The molecule has 1 aromatic carbocycles. The van der Waals surface area contributed by atoms with E-state index in [0.29, 0.717) is 0 Å². The van der Waals surface area contributed by atoms with Crippen LogP contribution in [0.2, 0.25) is 0 Å². The van der Waals surface area contributed by atoms with Gasteiger partial charge in [0, 0.05) is 39.1 Å². The highest BCUT2D eigenvalue weighted by atomic mass is 16.5. The van der Waals surface area contributed by atoms with E-state index in [9.17, 15) is 0 Å². The Balaban J connectivity index is 1.67. The Morgan fingerprint density at radius 2 is 2.05 bits per heavy atom. The summed E-state index contributed by atoms with van der Waals surface area (Å²) in [5.41, 5.74) is 2.72. The van der Waals surface area contributed by atoms with Crippen molar-refractivity contribution in [2.75, 3.05) is 32.7 Å². The second-order valence-corrected chi connectivity index (χ2v) is 6.29. The summed E-state index contributed by atoms with van der Waals surface area (Å²) < 4.78 is 6.13. The van der Waals surface area contributed by atoms with Gasteiger partial charge in [0.2, 0.25) is 0 Å². The number of hydrogen-bond donors (Lipinski definition) is 1. The molecule has 0 amide bonds. The Hall–Kier alpha value is -1.06. The van der Waals surface area contributed by atoms with Crippen molar-refractivity contribution >= 4 is 0 Å². The zero-order valence-corrected chi connectivity index (χ0v) is 12.0. The number of nitrogens with zero attached hydrogens (tertiary/aromatic N) is 1. The molecule has 0 aliphatic carbocycles. The number of nitrogens with one attached hydrogen (secondary N) is 1. The molecule has 0 bridgehead atoms. The van der Waals surface area contributed by atoms with Gasteiger partial charge in [0.05, 0.1) is 0 Å². The first-order chi connectivity index (χ1) is 9.14. The molecule has 2 heterocycles. The Morgan fingerprint density at radius 3 is 2.84 bits per heavy atom. The maximum absolute atomic E-state index is 6.13. The molecule has 3 nitrogen and oxygen atoms in total. The average molecular weight is 260 g/mol. The Morgan fingerprint density at radius 1 is 1.26 bits per heavy atom. The number of ether oxygens (including phenoxy) is 1. The molecule has 1 aromatic rings. The molecule has 3 heteroatoms. The topological polar surface area (TPSA) is 24.5 Å². The maximum Gasteiger partial charge on any atom is 0.126 e. The molecule has 2 aliphatic rings. The normalized spacial score (nSPS) is 22.0. The van der Waals surface area contributed by atoms with Crippen molar-refractivity contribution in [1.29, 1.82) is 0 Å². The largest absolute Gasteiger partial charge is 0.487 e. The third-order valence-electron chi connectivity index (χ3n) is 4.08. The van der Waals surface area contributed by atoms with Crippen molar-refractivity contribution < 1.29 is 4.74 Å². The van der Waals surface area contributed by atoms with Crippen LogP contribution in [-0.4, -0.2) is 43.2 Å². The summed E-state index contributed by atoms with van der Waals surface area (Å²) in [6, 6.07) is 6.61. The molecule has 0 saturated carbocycles. The van der Waals surface area contributed by atoms with Crippen LogP contribution < -0.4 is 10.1 Å². The van der Waals surface area contributed by atoms with Gasteiger partial charge in [-0.2, -0.15) is 0 Å². The van der Waals surface area contributed by atoms with E-state index in [0.717, 1.165) is 38.2 Å². The van der Waals surface area contributed by atoms with Crippen LogP contribution in [0, 0.1) is 0 Å². The molecule has 1 N–H and O–H groups in total. The van der Waals surface area contributed by atoms with Crippen molar-refractivity contribution in [3.63, 3.8) is 0 Å². The number of piperazine rings is 1. The lowest BCUT2D eigenvalue weighted by molar-refractivity contribution is 0.137. The zero-order valence-electron chi connectivity index (χ0n) is 12.0. The average Bonchev–Trinajstić information content (AvgIpc) is 2.72. The second-order valence-electron chi connectivity index (χ2n) is 6.29. The van der Waals surface area contributed by atoms with Gasteiger partial charge < -0.3 is 15.0 Å². The van der Waals surface area contributed by atoms with Crippen molar-refractivity contribution in [3.8, 4) is 5.75 Å². The number of para-hydroxylation sites is 1. The Labute approximate surface area is 115 Å². The molecule has 3 rings (SSSR count). The van der Waals surface area contributed by atoms with E-state index in [1.54, 1.807) is 0 Å². The lowest BCUT2D eigenvalue weighted by Gasteiger charge is -2.27. The molecule has 0 unspecified atom stereocenters. The molecule has 1 fully saturated rings. The first-order valence-corrected chi connectivity index (χ1v) is 7.37. The van der Waals surface area contributed by atoms with Gasteiger partial charge in [0.25, 0.3) is 0 Å². The highest BCUT2D eigenvalue weighted by Gasteiger charge is 2.31. The molecule has 19 heavy (non-hydrogen) atoms. The van der Waals surface area contributed by atoms with Gasteiger partial charge in [-0.25, -0.2) is 0 Å². The summed E-state index contributed by atoms with van der Waals surface area (Å²) in [4.78, 5) is 2.54. The SMILES string of the molecule is CC1(C)Cc2cccc(CCN3CCNCC3)c2O1. The minimum atomic E-state index is -0.0342. The fraction of sp³-hybridized carbons (Fsp3) is 0.625. The summed E-state index contributed by atoms with van der Waals surface area (Å²) in [6.07, 6.45) is 2.13. The second kappa shape index (κ2) is 5.14. The van der Waals surface area contributed by atoms with Crippen LogP contribution in [0.5, 0.6) is 5.75 Å². The standard InChI is InChI=1S/C16H24N2O/c1-16(2)12-14-5-3-4-13(15(14)19-16)6-9-18-10-7-17-8-11-18/h3-5,17H,6-12H2,1-2H3. The van der Waals surface area contributed by atoms with Crippen LogP contribution in [0.1, 0.15) is 25.0 Å². The zero-order chi connectivity index (χ0) is 13.3. The van der Waals surface area contributed by atoms with Crippen molar-refractivity contribution in [1.82, 2.24) is 10.2 Å². The van der Waals surface area contributed by atoms with Crippen LogP contribution in [-0.2, 0) is 12.8 Å². The molecule has 0 radical (unpaired) electrons. The smallest absolute Gasteiger partial charge is 0.126 e. The monoisotopic (exact) mass is 260 g/mol. The first kappa shape index (κ1) is 12.9. The molecule has 0 spiro atoms. The summed E-state index contributed by atoms with van der Waals surface area (Å²) in [7, 11) is 0. The third-order valence-corrected chi connectivity index (χ3v) is 4.08. The summed E-state index contributed by atoms with van der Waals surface area (Å²) in [6.45, 7) is 10.1. The number of fused-ring (bicyclic) bond motifs is 1.